The van der Waals surface area contributed by atoms with E-state index in [0.29, 0.717) is 6.42 Å². The number of alkyl halides is 2. The van der Waals surface area contributed by atoms with E-state index in [0.717, 1.165) is 43.7 Å². The molecule has 0 spiro atoms. The first kappa shape index (κ1) is 14.8. The van der Waals surface area contributed by atoms with Crippen LogP contribution < -0.4 is 0 Å². The van der Waals surface area contributed by atoms with E-state index in [-0.39, 0.29) is 12.3 Å². The minimum absolute atomic E-state index is 0.0853. The van der Waals surface area contributed by atoms with Crippen LogP contribution in [0.4, 0.5) is 8.78 Å². The SMILES string of the molecule is FC1(F)CC1CCN1CCc2[nH]nc(-c3ccccc3)c2CC1. The second kappa shape index (κ2) is 5.71. The molecule has 1 aromatic heterocycles. The fourth-order valence-corrected chi connectivity index (χ4v) is 3.51. The Labute approximate surface area is 134 Å². The number of rotatable bonds is 4. The third-order valence-electron chi connectivity index (χ3n) is 5.11. The zero-order valence-electron chi connectivity index (χ0n) is 13.1. The Hall–Kier alpha value is -1.75. The van der Waals surface area contributed by atoms with Crippen LogP contribution in [-0.2, 0) is 12.8 Å². The van der Waals surface area contributed by atoms with Crippen LogP contribution in [0.5, 0.6) is 0 Å². The third-order valence-corrected chi connectivity index (χ3v) is 5.11. The van der Waals surface area contributed by atoms with Gasteiger partial charge in [-0.15, -0.1) is 0 Å². The molecule has 2 heterocycles. The molecule has 1 fully saturated rings. The number of nitrogens with one attached hydrogen (secondary N) is 1. The average Bonchev–Trinajstić information content (AvgIpc) is 3.06. The summed E-state index contributed by atoms with van der Waals surface area (Å²) in [6.07, 6.45) is 2.54. The Bertz CT molecular complexity index is 681. The lowest BCUT2D eigenvalue weighted by atomic mass is 10.0. The van der Waals surface area contributed by atoms with E-state index < -0.39 is 5.92 Å². The van der Waals surface area contributed by atoms with Crippen molar-refractivity contribution in [3.05, 3.63) is 41.6 Å². The number of nitrogens with zero attached hydrogens (tertiary/aromatic N) is 2. The van der Waals surface area contributed by atoms with Crippen LogP contribution in [0.2, 0.25) is 0 Å². The van der Waals surface area contributed by atoms with Gasteiger partial charge in [0.1, 0.15) is 0 Å². The molecule has 1 saturated carbocycles. The van der Waals surface area contributed by atoms with E-state index in [1.807, 2.05) is 18.2 Å². The van der Waals surface area contributed by atoms with E-state index in [2.05, 4.69) is 27.2 Å². The molecule has 1 aliphatic heterocycles. The van der Waals surface area contributed by atoms with Gasteiger partial charge in [-0.3, -0.25) is 5.10 Å². The topological polar surface area (TPSA) is 31.9 Å². The van der Waals surface area contributed by atoms with Crippen molar-refractivity contribution in [2.45, 2.75) is 31.6 Å². The summed E-state index contributed by atoms with van der Waals surface area (Å²) in [5.74, 6) is -2.77. The highest BCUT2D eigenvalue weighted by Crippen LogP contribution is 2.50. The first-order chi connectivity index (χ1) is 11.1. The van der Waals surface area contributed by atoms with Gasteiger partial charge in [0, 0.05) is 48.7 Å². The van der Waals surface area contributed by atoms with Crippen molar-refractivity contribution >= 4 is 0 Å². The molecule has 2 aromatic rings. The largest absolute Gasteiger partial charge is 0.303 e. The summed E-state index contributed by atoms with van der Waals surface area (Å²) in [6.45, 7) is 2.62. The summed E-state index contributed by atoms with van der Waals surface area (Å²) >= 11 is 0. The summed E-state index contributed by atoms with van der Waals surface area (Å²) in [6, 6.07) is 10.2. The molecular formula is C18H21F2N3. The Morgan fingerprint density at radius 2 is 1.91 bits per heavy atom. The minimum Gasteiger partial charge on any atom is -0.303 e. The van der Waals surface area contributed by atoms with E-state index in [1.54, 1.807) is 0 Å². The van der Waals surface area contributed by atoms with Gasteiger partial charge in [0.2, 0.25) is 0 Å². The molecule has 23 heavy (non-hydrogen) atoms. The van der Waals surface area contributed by atoms with Gasteiger partial charge in [0.05, 0.1) is 5.69 Å². The second-order valence-corrected chi connectivity index (χ2v) is 6.69. The summed E-state index contributed by atoms with van der Waals surface area (Å²) in [7, 11) is 0. The van der Waals surface area contributed by atoms with Crippen molar-refractivity contribution in [1.82, 2.24) is 15.1 Å². The van der Waals surface area contributed by atoms with Gasteiger partial charge in [0.15, 0.2) is 0 Å². The Balaban J connectivity index is 1.42. The molecule has 122 valence electrons. The second-order valence-electron chi connectivity index (χ2n) is 6.69. The van der Waals surface area contributed by atoms with Crippen molar-refractivity contribution in [2.75, 3.05) is 19.6 Å². The van der Waals surface area contributed by atoms with Crippen LogP contribution in [0.3, 0.4) is 0 Å². The lowest BCUT2D eigenvalue weighted by molar-refractivity contribution is 0.0938. The quantitative estimate of drug-likeness (QED) is 0.935. The molecule has 0 radical (unpaired) electrons. The van der Waals surface area contributed by atoms with Gasteiger partial charge >= 0.3 is 0 Å². The molecule has 0 amide bonds. The number of hydrogen-bond acceptors (Lipinski definition) is 2. The van der Waals surface area contributed by atoms with Crippen molar-refractivity contribution < 1.29 is 8.78 Å². The van der Waals surface area contributed by atoms with Crippen LogP contribution in [0, 0.1) is 5.92 Å². The third kappa shape index (κ3) is 3.02. The molecule has 1 aliphatic carbocycles. The van der Waals surface area contributed by atoms with E-state index in [9.17, 15) is 8.78 Å². The van der Waals surface area contributed by atoms with Crippen LogP contribution in [0.25, 0.3) is 11.3 Å². The lowest BCUT2D eigenvalue weighted by Crippen LogP contribution is -2.28. The monoisotopic (exact) mass is 317 g/mol. The summed E-state index contributed by atoms with van der Waals surface area (Å²) < 4.78 is 26.0. The van der Waals surface area contributed by atoms with Gasteiger partial charge in [-0.05, 0) is 19.4 Å². The number of H-pyrrole nitrogens is 1. The van der Waals surface area contributed by atoms with E-state index in [1.165, 1.54) is 11.3 Å². The average molecular weight is 317 g/mol. The van der Waals surface area contributed by atoms with Crippen molar-refractivity contribution in [3.63, 3.8) is 0 Å². The fourth-order valence-electron chi connectivity index (χ4n) is 3.51. The van der Waals surface area contributed by atoms with Crippen molar-refractivity contribution in [1.29, 1.82) is 0 Å². The number of hydrogen-bond donors (Lipinski definition) is 1. The van der Waals surface area contributed by atoms with Crippen LogP contribution in [0.1, 0.15) is 24.1 Å². The zero-order valence-corrected chi connectivity index (χ0v) is 13.1. The van der Waals surface area contributed by atoms with E-state index in [4.69, 9.17) is 0 Å². The number of aromatic nitrogens is 2. The maximum atomic E-state index is 13.0. The first-order valence-electron chi connectivity index (χ1n) is 8.35. The van der Waals surface area contributed by atoms with Crippen LogP contribution in [-0.4, -0.2) is 40.7 Å². The summed E-state index contributed by atoms with van der Waals surface area (Å²) in [4.78, 5) is 2.32. The predicted molar refractivity (Wildman–Crippen MR) is 85.5 cm³/mol. The van der Waals surface area contributed by atoms with Gasteiger partial charge < -0.3 is 4.90 Å². The standard InChI is InChI=1S/C18H21F2N3/c19-18(20)12-14(18)6-9-23-10-7-15-16(8-11-23)21-22-17(15)13-4-2-1-3-5-13/h1-5,14H,6-12H2,(H,21,22). The molecule has 3 nitrogen and oxygen atoms in total. The van der Waals surface area contributed by atoms with Crippen LogP contribution in [0.15, 0.2) is 30.3 Å². The molecule has 0 saturated heterocycles. The first-order valence-corrected chi connectivity index (χ1v) is 8.35. The lowest BCUT2D eigenvalue weighted by Gasteiger charge is -2.19. The van der Waals surface area contributed by atoms with Crippen LogP contribution >= 0.6 is 0 Å². The van der Waals surface area contributed by atoms with Gasteiger partial charge in [-0.25, -0.2) is 8.78 Å². The fraction of sp³-hybridized carbons (Fsp3) is 0.500. The van der Waals surface area contributed by atoms with Crippen molar-refractivity contribution in [2.24, 2.45) is 5.92 Å². The maximum absolute atomic E-state index is 13.0. The number of halogens is 2. The maximum Gasteiger partial charge on any atom is 0.251 e. The molecule has 5 heteroatoms. The molecule has 0 bridgehead atoms. The van der Waals surface area contributed by atoms with Gasteiger partial charge in [0.25, 0.3) is 5.92 Å². The normalized spacial score (nSPS) is 23.3. The minimum atomic E-state index is -2.39. The molecular weight excluding hydrogens is 296 g/mol. The molecule has 2 aliphatic rings. The number of fused-ring (bicyclic) bond motifs is 1. The Morgan fingerprint density at radius 1 is 1.17 bits per heavy atom. The number of aromatic amines is 1. The highest BCUT2D eigenvalue weighted by Gasteiger charge is 2.56. The zero-order chi connectivity index (χ0) is 15.9. The predicted octanol–water partition coefficient (Wildman–Crippen LogP) is 3.52. The Kier molecular flexibility index (Phi) is 3.68. The molecule has 1 atom stereocenters. The number of benzene rings is 1. The molecule has 1 N–H and O–H groups in total. The smallest absolute Gasteiger partial charge is 0.251 e. The highest BCUT2D eigenvalue weighted by atomic mass is 19.3. The Morgan fingerprint density at radius 3 is 2.65 bits per heavy atom. The molecule has 1 unspecified atom stereocenters. The molecule has 4 rings (SSSR count). The van der Waals surface area contributed by atoms with Crippen molar-refractivity contribution in [3.8, 4) is 11.3 Å². The van der Waals surface area contributed by atoms with E-state index >= 15 is 0 Å². The highest BCUT2D eigenvalue weighted by molar-refractivity contribution is 5.64. The summed E-state index contributed by atoms with van der Waals surface area (Å²) in [5, 5.41) is 7.67. The van der Waals surface area contributed by atoms with Gasteiger partial charge in [-0.2, -0.15) is 5.10 Å². The van der Waals surface area contributed by atoms with Gasteiger partial charge in [-0.1, -0.05) is 30.3 Å². The summed E-state index contributed by atoms with van der Waals surface area (Å²) in [5.41, 5.74) is 4.66. The molecule has 1 aromatic carbocycles.